The molecule has 1 atom stereocenters. The minimum atomic E-state index is -0.510. The first-order valence-corrected chi connectivity index (χ1v) is 6.77. The minimum Gasteiger partial charge on any atom is -0.490 e. The maximum Gasteiger partial charge on any atom is 0.133 e. The quantitative estimate of drug-likeness (QED) is 0.759. The molecule has 0 bridgehead atoms. The molecule has 1 aromatic carbocycles. The van der Waals surface area contributed by atoms with Gasteiger partial charge in [-0.3, -0.25) is 0 Å². The number of hydrogen-bond donors (Lipinski definition) is 2. The van der Waals surface area contributed by atoms with Crippen molar-refractivity contribution < 1.29 is 9.84 Å². The smallest absolute Gasteiger partial charge is 0.133 e. The SMILES string of the molecule is CCCNCC(O)COc1ccc(Cl)cc1Br. The Bertz CT molecular complexity index is 349. The second-order valence-corrected chi connectivity index (χ2v) is 5.03. The van der Waals surface area contributed by atoms with E-state index in [1.807, 2.05) is 0 Å². The highest BCUT2D eigenvalue weighted by atomic mass is 79.9. The van der Waals surface area contributed by atoms with E-state index in [4.69, 9.17) is 16.3 Å². The van der Waals surface area contributed by atoms with Crippen molar-refractivity contribution in [3.8, 4) is 5.75 Å². The van der Waals surface area contributed by atoms with Gasteiger partial charge in [0.25, 0.3) is 0 Å². The molecular formula is C12H17BrClNO2. The number of hydrogen-bond acceptors (Lipinski definition) is 3. The summed E-state index contributed by atoms with van der Waals surface area (Å²) < 4.78 is 6.28. The molecule has 17 heavy (non-hydrogen) atoms. The molecule has 0 aromatic heterocycles. The molecule has 2 N–H and O–H groups in total. The molecule has 3 nitrogen and oxygen atoms in total. The zero-order valence-corrected chi connectivity index (χ0v) is 12.1. The van der Waals surface area contributed by atoms with Crippen LogP contribution in [0.4, 0.5) is 0 Å². The van der Waals surface area contributed by atoms with Crippen LogP contribution in [0.15, 0.2) is 22.7 Å². The molecule has 0 aliphatic heterocycles. The number of nitrogens with one attached hydrogen (secondary N) is 1. The van der Waals surface area contributed by atoms with E-state index in [9.17, 15) is 5.11 Å². The van der Waals surface area contributed by atoms with Gasteiger partial charge in [0, 0.05) is 11.6 Å². The number of rotatable bonds is 7. The van der Waals surface area contributed by atoms with Crippen LogP contribution in [0.3, 0.4) is 0 Å². The van der Waals surface area contributed by atoms with Crippen LogP contribution in [0.2, 0.25) is 5.02 Å². The van der Waals surface area contributed by atoms with Crippen molar-refractivity contribution in [1.82, 2.24) is 5.32 Å². The third kappa shape index (κ3) is 5.73. The molecule has 0 radical (unpaired) electrons. The van der Waals surface area contributed by atoms with Gasteiger partial charge in [-0.05, 0) is 47.1 Å². The van der Waals surface area contributed by atoms with Crippen LogP contribution >= 0.6 is 27.5 Å². The zero-order chi connectivity index (χ0) is 12.7. The number of benzene rings is 1. The van der Waals surface area contributed by atoms with Crippen molar-refractivity contribution in [3.63, 3.8) is 0 Å². The zero-order valence-electron chi connectivity index (χ0n) is 9.75. The largest absolute Gasteiger partial charge is 0.490 e. The predicted molar refractivity (Wildman–Crippen MR) is 73.8 cm³/mol. The van der Waals surface area contributed by atoms with Crippen LogP contribution in [0.1, 0.15) is 13.3 Å². The minimum absolute atomic E-state index is 0.261. The number of halogens is 2. The van der Waals surface area contributed by atoms with E-state index >= 15 is 0 Å². The van der Waals surface area contributed by atoms with Gasteiger partial charge in [-0.1, -0.05) is 18.5 Å². The van der Waals surface area contributed by atoms with Gasteiger partial charge in [0.05, 0.1) is 4.47 Å². The highest BCUT2D eigenvalue weighted by Gasteiger charge is 2.07. The standard InChI is InChI=1S/C12H17BrClNO2/c1-2-5-15-7-10(16)8-17-12-4-3-9(14)6-11(12)13/h3-4,6,10,15-16H,2,5,7-8H2,1H3. The summed E-state index contributed by atoms with van der Waals surface area (Å²) in [6.45, 7) is 3.79. The molecule has 0 amide bonds. The van der Waals surface area contributed by atoms with Gasteiger partial charge in [-0.25, -0.2) is 0 Å². The molecule has 0 fully saturated rings. The van der Waals surface area contributed by atoms with Crippen LogP contribution in [-0.2, 0) is 0 Å². The molecule has 96 valence electrons. The Hall–Kier alpha value is -0.290. The van der Waals surface area contributed by atoms with Crippen LogP contribution in [0.5, 0.6) is 5.75 Å². The molecule has 0 aliphatic rings. The van der Waals surface area contributed by atoms with Crippen molar-refractivity contribution in [2.45, 2.75) is 19.4 Å². The Morgan fingerprint density at radius 3 is 2.94 bits per heavy atom. The van der Waals surface area contributed by atoms with E-state index in [-0.39, 0.29) is 6.61 Å². The average molecular weight is 323 g/mol. The fourth-order valence-corrected chi connectivity index (χ4v) is 2.08. The Kier molecular flexibility index (Phi) is 6.89. The fourth-order valence-electron chi connectivity index (χ4n) is 1.28. The van der Waals surface area contributed by atoms with Gasteiger partial charge in [-0.15, -0.1) is 0 Å². The van der Waals surface area contributed by atoms with Gasteiger partial charge in [-0.2, -0.15) is 0 Å². The molecule has 1 rings (SSSR count). The lowest BCUT2D eigenvalue weighted by molar-refractivity contribution is 0.106. The van der Waals surface area contributed by atoms with Crippen LogP contribution in [0.25, 0.3) is 0 Å². The summed E-state index contributed by atoms with van der Waals surface area (Å²) in [6.07, 6.45) is 0.542. The highest BCUT2D eigenvalue weighted by molar-refractivity contribution is 9.10. The maximum atomic E-state index is 9.65. The summed E-state index contributed by atoms with van der Waals surface area (Å²) in [5, 5.41) is 13.4. The first-order chi connectivity index (χ1) is 8.13. The summed E-state index contributed by atoms with van der Waals surface area (Å²) in [6, 6.07) is 5.29. The Balaban J connectivity index is 2.34. The van der Waals surface area contributed by atoms with Crippen LogP contribution in [-0.4, -0.2) is 30.9 Å². The van der Waals surface area contributed by atoms with E-state index in [1.54, 1.807) is 18.2 Å². The van der Waals surface area contributed by atoms with Gasteiger partial charge >= 0.3 is 0 Å². The molecule has 5 heteroatoms. The summed E-state index contributed by atoms with van der Waals surface area (Å²) in [5.74, 6) is 0.684. The third-order valence-electron chi connectivity index (χ3n) is 2.13. The summed E-state index contributed by atoms with van der Waals surface area (Å²) in [5.41, 5.74) is 0. The van der Waals surface area contributed by atoms with Crippen LogP contribution in [0, 0.1) is 0 Å². The Morgan fingerprint density at radius 2 is 2.29 bits per heavy atom. The summed E-state index contributed by atoms with van der Waals surface area (Å²) >= 11 is 9.17. The van der Waals surface area contributed by atoms with E-state index in [0.717, 1.165) is 17.4 Å². The number of ether oxygens (including phenoxy) is 1. The second-order valence-electron chi connectivity index (χ2n) is 3.74. The van der Waals surface area contributed by atoms with Crippen molar-refractivity contribution in [3.05, 3.63) is 27.7 Å². The van der Waals surface area contributed by atoms with Crippen LogP contribution < -0.4 is 10.1 Å². The van der Waals surface area contributed by atoms with Gasteiger partial charge in [0.1, 0.15) is 18.5 Å². The van der Waals surface area contributed by atoms with E-state index in [2.05, 4.69) is 28.2 Å². The normalized spacial score (nSPS) is 12.5. The second kappa shape index (κ2) is 7.93. The summed E-state index contributed by atoms with van der Waals surface area (Å²) in [7, 11) is 0. The lowest BCUT2D eigenvalue weighted by Gasteiger charge is -2.14. The first-order valence-electron chi connectivity index (χ1n) is 5.60. The molecule has 0 spiro atoms. The first kappa shape index (κ1) is 14.8. The average Bonchev–Trinajstić information content (AvgIpc) is 2.28. The van der Waals surface area contributed by atoms with Gasteiger partial charge < -0.3 is 15.2 Å². The lowest BCUT2D eigenvalue weighted by atomic mass is 10.3. The molecule has 1 unspecified atom stereocenters. The van der Waals surface area contributed by atoms with E-state index < -0.39 is 6.10 Å². The van der Waals surface area contributed by atoms with Gasteiger partial charge in [0.15, 0.2) is 0 Å². The molecule has 0 aliphatic carbocycles. The fraction of sp³-hybridized carbons (Fsp3) is 0.500. The van der Waals surface area contributed by atoms with Gasteiger partial charge in [0.2, 0.25) is 0 Å². The molecular weight excluding hydrogens is 305 g/mol. The van der Waals surface area contributed by atoms with Crippen molar-refractivity contribution in [2.75, 3.05) is 19.7 Å². The van der Waals surface area contributed by atoms with E-state index in [0.29, 0.717) is 17.3 Å². The highest BCUT2D eigenvalue weighted by Crippen LogP contribution is 2.27. The molecule has 0 heterocycles. The monoisotopic (exact) mass is 321 g/mol. The van der Waals surface area contributed by atoms with Crippen molar-refractivity contribution >= 4 is 27.5 Å². The molecule has 0 saturated heterocycles. The van der Waals surface area contributed by atoms with Crippen molar-refractivity contribution in [1.29, 1.82) is 0 Å². The number of aliphatic hydroxyl groups excluding tert-OH is 1. The molecule has 1 aromatic rings. The number of aliphatic hydroxyl groups is 1. The van der Waals surface area contributed by atoms with Crippen molar-refractivity contribution in [2.24, 2.45) is 0 Å². The third-order valence-corrected chi connectivity index (χ3v) is 2.99. The summed E-state index contributed by atoms with van der Waals surface area (Å²) in [4.78, 5) is 0. The topological polar surface area (TPSA) is 41.5 Å². The predicted octanol–water partition coefficient (Wildman–Crippen LogP) is 2.84. The maximum absolute atomic E-state index is 9.65. The Morgan fingerprint density at radius 1 is 1.53 bits per heavy atom. The Labute approximate surface area is 115 Å². The lowest BCUT2D eigenvalue weighted by Crippen LogP contribution is -2.31. The van der Waals surface area contributed by atoms with E-state index in [1.165, 1.54) is 0 Å². The molecule has 0 saturated carbocycles.